The Hall–Kier alpha value is -1.30. The highest BCUT2D eigenvalue weighted by molar-refractivity contribution is 7.09. The zero-order chi connectivity index (χ0) is 13.7. The van der Waals surface area contributed by atoms with E-state index in [9.17, 15) is 0 Å². The minimum atomic E-state index is 0.571. The summed E-state index contributed by atoms with van der Waals surface area (Å²) in [5.41, 5.74) is 2.80. The molecule has 1 aromatic heterocycles. The van der Waals surface area contributed by atoms with E-state index in [2.05, 4.69) is 10.3 Å². The standard InChI is InChI=1S/C13H15ClN2O2S/c1-17-11-4-3-9(12(14)13(11)18-2)5-15-6-10-7-16-8-19-10/h3-4,7-8,15H,5-6H2,1-2H3. The number of aromatic nitrogens is 1. The van der Waals surface area contributed by atoms with Gasteiger partial charge in [-0.15, -0.1) is 11.3 Å². The maximum Gasteiger partial charge on any atom is 0.179 e. The summed E-state index contributed by atoms with van der Waals surface area (Å²) < 4.78 is 10.5. The van der Waals surface area contributed by atoms with Crippen LogP contribution in [0.15, 0.2) is 23.8 Å². The summed E-state index contributed by atoms with van der Waals surface area (Å²) in [7, 11) is 3.17. The second-order valence-electron chi connectivity index (χ2n) is 3.85. The molecular weight excluding hydrogens is 284 g/mol. The minimum Gasteiger partial charge on any atom is -0.493 e. The number of thiazole rings is 1. The van der Waals surface area contributed by atoms with Crippen molar-refractivity contribution < 1.29 is 9.47 Å². The van der Waals surface area contributed by atoms with Crippen LogP contribution in [0.1, 0.15) is 10.4 Å². The molecule has 0 unspecified atom stereocenters. The van der Waals surface area contributed by atoms with E-state index in [-0.39, 0.29) is 0 Å². The predicted molar refractivity (Wildman–Crippen MR) is 77.2 cm³/mol. The van der Waals surface area contributed by atoms with Gasteiger partial charge in [0, 0.05) is 24.2 Å². The molecule has 2 aromatic rings. The fourth-order valence-electron chi connectivity index (χ4n) is 1.72. The van der Waals surface area contributed by atoms with Gasteiger partial charge in [-0.1, -0.05) is 17.7 Å². The summed E-state index contributed by atoms with van der Waals surface area (Å²) in [6.45, 7) is 1.44. The van der Waals surface area contributed by atoms with Crippen molar-refractivity contribution in [2.45, 2.75) is 13.1 Å². The molecule has 0 radical (unpaired) electrons. The Labute approximate surface area is 121 Å². The van der Waals surface area contributed by atoms with Crippen LogP contribution in [0.5, 0.6) is 11.5 Å². The van der Waals surface area contributed by atoms with Gasteiger partial charge in [-0.25, -0.2) is 0 Å². The molecule has 4 nitrogen and oxygen atoms in total. The summed E-state index contributed by atoms with van der Waals surface area (Å²) in [6.07, 6.45) is 1.86. The van der Waals surface area contributed by atoms with Gasteiger partial charge in [0.15, 0.2) is 11.5 Å². The van der Waals surface area contributed by atoms with Crippen molar-refractivity contribution in [1.82, 2.24) is 10.3 Å². The van der Waals surface area contributed by atoms with E-state index >= 15 is 0 Å². The Bertz CT molecular complexity index is 532. The molecule has 102 valence electrons. The molecule has 19 heavy (non-hydrogen) atoms. The Morgan fingerprint density at radius 1 is 1.26 bits per heavy atom. The zero-order valence-corrected chi connectivity index (χ0v) is 12.3. The molecule has 0 atom stereocenters. The van der Waals surface area contributed by atoms with E-state index in [0.717, 1.165) is 12.1 Å². The van der Waals surface area contributed by atoms with Gasteiger partial charge in [-0.2, -0.15) is 0 Å². The lowest BCUT2D eigenvalue weighted by Gasteiger charge is -2.13. The molecule has 0 spiro atoms. The molecule has 0 saturated heterocycles. The van der Waals surface area contributed by atoms with E-state index in [1.54, 1.807) is 25.6 Å². The minimum absolute atomic E-state index is 0.571. The highest BCUT2D eigenvalue weighted by atomic mass is 35.5. The predicted octanol–water partition coefficient (Wildman–Crippen LogP) is 3.10. The number of nitrogens with one attached hydrogen (secondary N) is 1. The maximum absolute atomic E-state index is 6.30. The van der Waals surface area contributed by atoms with Crippen LogP contribution in [0, 0.1) is 0 Å². The number of hydrogen-bond donors (Lipinski definition) is 1. The van der Waals surface area contributed by atoms with Gasteiger partial charge in [0.2, 0.25) is 0 Å². The molecular formula is C13H15ClN2O2S. The average Bonchev–Trinajstić information content (AvgIpc) is 2.93. The van der Waals surface area contributed by atoms with Crippen LogP contribution in [0.25, 0.3) is 0 Å². The topological polar surface area (TPSA) is 43.4 Å². The van der Waals surface area contributed by atoms with Crippen LogP contribution in [0.3, 0.4) is 0 Å². The van der Waals surface area contributed by atoms with Crippen LogP contribution in [0.4, 0.5) is 0 Å². The third-order valence-electron chi connectivity index (χ3n) is 2.66. The molecule has 0 amide bonds. The molecule has 0 saturated carbocycles. The van der Waals surface area contributed by atoms with Crippen LogP contribution in [-0.2, 0) is 13.1 Å². The Morgan fingerprint density at radius 2 is 2.11 bits per heavy atom. The van der Waals surface area contributed by atoms with Crippen molar-refractivity contribution in [3.05, 3.63) is 39.3 Å². The van der Waals surface area contributed by atoms with Crippen molar-refractivity contribution in [2.24, 2.45) is 0 Å². The highest BCUT2D eigenvalue weighted by Crippen LogP contribution is 2.37. The first-order chi connectivity index (χ1) is 9.26. The normalized spacial score (nSPS) is 10.5. The first-order valence-electron chi connectivity index (χ1n) is 5.73. The molecule has 0 fully saturated rings. The number of benzene rings is 1. The Morgan fingerprint density at radius 3 is 2.74 bits per heavy atom. The summed E-state index contributed by atoms with van der Waals surface area (Å²) >= 11 is 7.92. The van der Waals surface area contributed by atoms with Gasteiger partial charge in [-0.3, -0.25) is 4.98 Å². The fourth-order valence-corrected chi connectivity index (χ4v) is 2.58. The number of hydrogen-bond acceptors (Lipinski definition) is 5. The van der Waals surface area contributed by atoms with Crippen LogP contribution < -0.4 is 14.8 Å². The fraction of sp³-hybridized carbons (Fsp3) is 0.308. The third kappa shape index (κ3) is 3.37. The van der Waals surface area contributed by atoms with Crippen LogP contribution >= 0.6 is 22.9 Å². The van der Waals surface area contributed by atoms with E-state index in [1.807, 2.05) is 23.8 Å². The monoisotopic (exact) mass is 298 g/mol. The largest absolute Gasteiger partial charge is 0.493 e. The lowest BCUT2D eigenvalue weighted by atomic mass is 10.2. The Balaban J connectivity index is 2.04. The number of halogens is 1. The van der Waals surface area contributed by atoms with E-state index in [1.165, 1.54) is 4.88 Å². The summed E-state index contributed by atoms with van der Waals surface area (Å²) in [5, 5.41) is 3.91. The second kappa shape index (κ2) is 6.75. The third-order valence-corrected chi connectivity index (χ3v) is 3.86. The summed E-state index contributed by atoms with van der Waals surface area (Å²) in [6, 6.07) is 3.79. The highest BCUT2D eigenvalue weighted by Gasteiger charge is 2.12. The van der Waals surface area contributed by atoms with Gasteiger partial charge in [-0.05, 0) is 11.6 Å². The molecule has 0 aliphatic rings. The lowest BCUT2D eigenvalue weighted by molar-refractivity contribution is 0.354. The van der Waals surface area contributed by atoms with Crippen molar-refractivity contribution >= 4 is 22.9 Å². The zero-order valence-electron chi connectivity index (χ0n) is 10.8. The van der Waals surface area contributed by atoms with Gasteiger partial charge in [0.05, 0.1) is 24.8 Å². The van der Waals surface area contributed by atoms with Crippen molar-refractivity contribution in [3.63, 3.8) is 0 Å². The van der Waals surface area contributed by atoms with E-state index < -0.39 is 0 Å². The second-order valence-corrected chi connectivity index (χ2v) is 5.19. The number of methoxy groups -OCH3 is 2. The van der Waals surface area contributed by atoms with E-state index in [0.29, 0.717) is 23.1 Å². The molecule has 1 aromatic carbocycles. The number of ether oxygens (including phenoxy) is 2. The molecule has 6 heteroatoms. The van der Waals surface area contributed by atoms with Gasteiger partial charge >= 0.3 is 0 Å². The summed E-state index contributed by atoms with van der Waals surface area (Å²) in [5.74, 6) is 1.21. The van der Waals surface area contributed by atoms with Crippen molar-refractivity contribution in [3.8, 4) is 11.5 Å². The van der Waals surface area contributed by atoms with E-state index in [4.69, 9.17) is 21.1 Å². The van der Waals surface area contributed by atoms with Gasteiger partial charge in [0.25, 0.3) is 0 Å². The quantitative estimate of drug-likeness (QED) is 0.890. The van der Waals surface area contributed by atoms with Crippen LogP contribution in [-0.4, -0.2) is 19.2 Å². The lowest BCUT2D eigenvalue weighted by Crippen LogP contribution is -2.12. The first kappa shape index (κ1) is 14.1. The van der Waals surface area contributed by atoms with Gasteiger partial charge in [0.1, 0.15) is 0 Å². The maximum atomic E-state index is 6.30. The van der Waals surface area contributed by atoms with Gasteiger partial charge < -0.3 is 14.8 Å². The average molecular weight is 299 g/mol. The molecule has 0 aliphatic heterocycles. The van der Waals surface area contributed by atoms with Crippen molar-refractivity contribution in [1.29, 1.82) is 0 Å². The number of rotatable bonds is 6. The molecule has 0 bridgehead atoms. The van der Waals surface area contributed by atoms with Crippen LogP contribution in [0.2, 0.25) is 5.02 Å². The number of nitrogens with zero attached hydrogens (tertiary/aromatic N) is 1. The first-order valence-corrected chi connectivity index (χ1v) is 6.99. The molecule has 1 N–H and O–H groups in total. The SMILES string of the molecule is COc1ccc(CNCc2cncs2)c(Cl)c1OC. The molecule has 0 aliphatic carbocycles. The molecule has 2 rings (SSSR count). The smallest absolute Gasteiger partial charge is 0.179 e. The molecule has 1 heterocycles. The van der Waals surface area contributed by atoms with Crippen molar-refractivity contribution in [2.75, 3.05) is 14.2 Å². The summed E-state index contributed by atoms with van der Waals surface area (Å²) in [4.78, 5) is 5.22. The Kier molecular flexibility index (Phi) is 5.01.